The third kappa shape index (κ3) is 4.00. The number of likely N-dealkylation sites (N-methyl/N-ethyl adjacent to an activating group) is 1. The van der Waals surface area contributed by atoms with Crippen LogP contribution in [-0.4, -0.2) is 33.3 Å². The summed E-state index contributed by atoms with van der Waals surface area (Å²) in [4.78, 5) is 34.5. The zero-order valence-corrected chi connectivity index (χ0v) is 16.9. The van der Waals surface area contributed by atoms with Crippen LogP contribution in [0.4, 0.5) is 5.95 Å². The second kappa shape index (κ2) is 8.32. The van der Waals surface area contributed by atoms with E-state index in [4.69, 9.17) is 0 Å². The van der Waals surface area contributed by atoms with Gasteiger partial charge >= 0.3 is 0 Å². The molecule has 30 heavy (non-hydrogen) atoms. The number of fused-ring (bicyclic) bond motifs is 1. The number of nitrogens with zero attached hydrogens (tertiary/aromatic N) is 4. The first kappa shape index (κ1) is 19.6. The summed E-state index contributed by atoms with van der Waals surface area (Å²) in [5.41, 5.74) is 1.23. The fourth-order valence-corrected chi connectivity index (χ4v) is 3.41. The van der Waals surface area contributed by atoms with Crippen LogP contribution >= 0.6 is 0 Å². The van der Waals surface area contributed by atoms with E-state index in [-0.39, 0.29) is 11.1 Å². The van der Waals surface area contributed by atoms with Crippen molar-refractivity contribution in [3.05, 3.63) is 98.8 Å². The van der Waals surface area contributed by atoms with E-state index >= 15 is 0 Å². The van der Waals surface area contributed by atoms with Crippen molar-refractivity contribution in [3.8, 4) is 0 Å². The molecule has 0 saturated carbocycles. The molecule has 7 nitrogen and oxygen atoms in total. The minimum Gasteiger partial charge on any atom is -0.345 e. The highest BCUT2D eigenvalue weighted by molar-refractivity contribution is 5.80. The van der Waals surface area contributed by atoms with Gasteiger partial charge in [0.05, 0.1) is 23.3 Å². The second-order valence-electron chi connectivity index (χ2n) is 7.31. The number of benzene rings is 2. The molecular weight excluding hydrogens is 378 g/mol. The lowest BCUT2D eigenvalue weighted by molar-refractivity contribution is 0.523. The Kier molecular flexibility index (Phi) is 5.43. The Morgan fingerprint density at radius 2 is 1.80 bits per heavy atom. The van der Waals surface area contributed by atoms with Crippen LogP contribution in [0, 0.1) is 0 Å². The third-order valence-corrected chi connectivity index (χ3v) is 5.20. The van der Waals surface area contributed by atoms with Gasteiger partial charge in [0.25, 0.3) is 11.1 Å². The Balaban J connectivity index is 1.62. The fourth-order valence-electron chi connectivity index (χ4n) is 3.41. The molecule has 2 aromatic carbocycles. The quantitative estimate of drug-likeness (QED) is 0.537. The number of aromatic amines is 1. The standard InChI is InChI=1S/C23H23N5O2/c1-16(28-22(30)19-11-7-6-10-18(19)15-24-28)20-14-21(29)26-23(25-20)27(2)13-12-17-8-4-3-5-9-17/h3-11,14-16H,12-13H2,1-2H3,(H,25,26,29)/t16-/m0/s1. The average Bonchev–Trinajstić information content (AvgIpc) is 2.78. The van der Waals surface area contributed by atoms with Gasteiger partial charge in [0.15, 0.2) is 0 Å². The van der Waals surface area contributed by atoms with Crippen LogP contribution in [0.3, 0.4) is 0 Å². The van der Waals surface area contributed by atoms with Crippen molar-refractivity contribution in [2.24, 2.45) is 0 Å². The molecule has 0 bridgehead atoms. The van der Waals surface area contributed by atoms with Gasteiger partial charge < -0.3 is 4.90 Å². The molecule has 0 saturated heterocycles. The second-order valence-corrected chi connectivity index (χ2v) is 7.31. The molecule has 0 aliphatic carbocycles. The maximum atomic E-state index is 12.9. The number of anilines is 1. The molecule has 4 rings (SSSR count). The molecule has 0 aliphatic heterocycles. The van der Waals surface area contributed by atoms with Gasteiger partial charge in [0.1, 0.15) is 0 Å². The van der Waals surface area contributed by atoms with Crippen molar-refractivity contribution in [2.75, 3.05) is 18.5 Å². The van der Waals surface area contributed by atoms with Crippen LogP contribution < -0.4 is 16.0 Å². The molecule has 0 amide bonds. The van der Waals surface area contributed by atoms with Crippen molar-refractivity contribution in [2.45, 2.75) is 19.4 Å². The zero-order chi connectivity index (χ0) is 21.1. The minimum absolute atomic E-state index is 0.207. The van der Waals surface area contributed by atoms with Crippen molar-refractivity contribution >= 4 is 16.7 Å². The summed E-state index contributed by atoms with van der Waals surface area (Å²) in [6.45, 7) is 2.51. The predicted octanol–water partition coefficient (Wildman–Crippen LogP) is 2.77. The Hall–Kier alpha value is -3.74. The topological polar surface area (TPSA) is 83.9 Å². The molecule has 4 aromatic rings. The lowest BCUT2D eigenvalue weighted by Gasteiger charge is -2.20. The predicted molar refractivity (Wildman–Crippen MR) is 118 cm³/mol. The van der Waals surface area contributed by atoms with E-state index < -0.39 is 6.04 Å². The summed E-state index contributed by atoms with van der Waals surface area (Å²) in [5.74, 6) is 0.467. The van der Waals surface area contributed by atoms with E-state index in [1.807, 2.05) is 55.3 Å². The van der Waals surface area contributed by atoms with Gasteiger partial charge in [-0.3, -0.25) is 14.6 Å². The fraction of sp³-hybridized carbons (Fsp3) is 0.217. The Morgan fingerprint density at radius 1 is 1.07 bits per heavy atom. The molecule has 152 valence electrons. The van der Waals surface area contributed by atoms with Crippen molar-refractivity contribution in [1.82, 2.24) is 19.7 Å². The van der Waals surface area contributed by atoms with Gasteiger partial charge in [-0.2, -0.15) is 5.10 Å². The first-order chi connectivity index (χ1) is 14.5. The smallest absolute Gasteiger partial charge is 0.275 e. The van der Waals surface area contributed by atoms with Crippen LogP contribution in [0.2, 0.25) is 0 Å². The monoisotopic (exact) mass is 401 g/mol. The number of hydrogen-bond donors (Lipinski definition) is 1. The van der Waals surface area contributed by atoms with Crippen molar-refractivity contribution in [3.63, 3.8) is 0 Å². The molecule has 7 heteroatoms. The van der Waals surface area contributed by atoms with E-state index in [0.29, 0.717) is 23.6 Å². The number of rotatable bonds is 6. The Labute approximate surface area is 173 Å². The summed E-state index contributed by atoms with van der Waals surface area (Å²) in [7, 11) is 1.89. The molecule has 1 atom stereocenters. The van der Waals surface area contributed by atoms with E-state index in [0.717, 1.165) is 11.8 Å². The normalized spacial score (nSPS) is 12.1. The maximum absolute atomic E-state index is 12.9. The molecular formula is C23H23N5O2. The van der Waals surface area contributed by atoms with E-state index in [9.17, 15) is 9.59 Å². The number of H-pyrrole nitrogens is 1. The molecule has 0 aliphatic rings. The lowest BCUT2D eigenvalue weighted by Crippen LogP contribution is -2.30. The van der Waals surface area contributed by atoms with Crippen LogP contribution in [0.15, 0.2) is 76.4 Å². The number of hydrogen-bond acceptors (Lipinski definition) is 5. The van der Waals surface area contributed by atoms with Crippen LogP contribution in [0.5, 0.6) is 0 Å². The third-order valence-electron chi connectivity index (χ3n) is 5.20. The van der Waals surface area contributed by atoms with Gasteiger partial charge in [-0.25, -0.2) is 9.67 Å². The number of nitrogens with one attached hydrogen (secondary N) is 1. The summed E-state index contributed by atoms with van der Waals surface area (Å²) in [5, 5.41) is 5.67. The van der Waals surface area contributed by atoms with Gasteiger partial charge in [0, 0.05) is 25.0 Å². The van der Waals surface area contributed by atoms with Gasteiger partial charge in [-0.15, -0.1) is 0 Å². The van der Waals surface area contributed by atoms with Gasteiger partial charge in [-0.05, 0) is 25.0 Å². The molecule has 0 radical (unpaired) electrons. The first-order valence-corrected chi connectivity index (χ1v) is 9.86. The highest BCUT2D eigenvalue weighted by atomic mass is 16.1. The first-order valence-electron chi connectivity index (χ1n) is 9.86. The SMILES string of the molecule is C[C@@H](c1cc(=O)[nH]c(N(C)CCc2ccccc2)n1)n1ncc2ccccc2c1=O. The molecule has 0 fully saturated rings. The van der Waals surface area contributed by atoms with E-state index in [2.05, 4.69) is 27.2 Å². The van der Waals surface area contributed by atoms with E-state index in [1.165, 1.54) is 16.3 Å². The summed E-state index contributed by atoms with van der Waals surface area (Å²) >= 11 is 0. The van der Waals surface area contributed by atoms with Gasteiger partial charge in [0.2, 0.25) is 5.95 Å². The molecule has 0 unspecified atom stereocenters. The zero-order valence-electron chi connectivity index (χ0n) is 16.9. The summed E-state index contributed by atoms with van der Waals surface area (Å²) in [6.07, 6.45) is 2.49. The van der Waals surface area contributed by atoms with Crippen LogP contribution in [0.25, 0.3) is 10.8 Å². The van der Waals surface area contributed by atoms with Gasteiger partial charge in [-0.1, -0.05) is 48.5 Å². The molecule has 2 aromatic heterocycles. The highest BCUT2D eigenvalue weighted by Crippen LogP contribution is 2.16. The molecule has 1 N–H and O–H groups in total. The van der Waals surface area contributed by atoms with Crippen LogP contribution in [0.1, 0.15) is 24.2 Å². The molecule has 2 heterocycles. The maximum Gasteiger partial charge on any atom is 0.275 e. The van der Waals surface area contributed by atoms with Crippen molar-refractivity contribution < 1.29 is 0 Å². The van der Waals surface area contributed by atoms with Crippen LogP contribution in [-0.2, 0) is 6.42 Å². The number of aromatic nitrogens is 4. The van der Waals surface area contributed by atoms with Crippen molar-refractivity contribution in [1.29, 1.82) is 0 Å². The average molecular weight is 401 g/mol. The summed E-state index contributed by atoms with van der Waals surface area (Å²) < 4.78 is 1.37. The largest absolute Gasteiger partial charge is 0.345 e. The Bertz CT molecular complexity index is 1280. The lowest BCUT2D eigenvalue weighted by atomic mass is 10.1. The molecule has 0 spiro atoms. The Morgan fingerprint density at radius 3 is 2.60 bits per heavy atom. The minimum atomic E-state index is -0.481. The highest BCUT2D eigenvalue weighted by Gasteiger charge is 2.17. The summed E-state index contributed by atoms with van der Waals surface area (Å²) in [6, 6.07) is 18.4. The van der Waals surface area contributed by atoms with E-state index in [1.54, 1.807) is 12.3 Å².